The zero-order valence-corrected chi connectivity index (χ0v) is 16.1. The molecule has 2 aliphatic rings. The maximum atomic E-state index is 3.22. The van der Waals surface area contributed by atoms with E-state index in [1.165, 1.54) is 77.0 Å². The molecule has 2 saturated carbocycles. The topological polar surface area (TPSA) is 0 Å². The molecular formula is C24H38. The normalized spacial score (nSPS) is 31.2. The van der Waals surface area contributed by atoms with Crippen molar-refractivity contribution in [2.45, 2.75) is 90.9 Å². The third-order valence-electron chi connectivity index (χ3n) is 6.16. The van der Waals surface area contributed by atoms with Crippen LogP contribution in [0, 0.1) is 35.5 Å². The minimum atomic E-state index is 0.783. The molecule has 134 valence electrons. The summed E-state index contributed by atoms with van der Waals surface area (Å²) in [5.41, 5.74) is 0. The van der Waals surface area contributed by atoms with E-state index in [0.29, 0.717) is 0 Å². The van der Waals surface area contributed by atoms with E-state index >= 15 is 0 Å². The first kappa shape index (κ1) is 19.4. The lowest BCUT2D eigenvalue weighted by atomic mass is 9.80. The largest absolute Gasteiger partial charge is 0.0730 e. The van der Waals surface area contributed by atoms with Gasteiger partial charge in [-0.05, 0) is 87.2 Å². The third kappa shape index (κ3) is 7.29. The highest BCUT2D eigenvalue weighted by Gasteiger charge is 2.19. The summed E-state index contributed by atoms with van der Waals surface area (Å²) in [6.07, 6.45) is 25.7. The molecule has 2 rings (SSSR count). The molecule has 0 aromatic heterocycles. The Morgan fingerprint density at radius 2 is 1.00 bits per heavy atom. The lowest BCUT2D eigenvalue weighted by Gasteiger charge is -2.26. The van der Waals surface area contributed by atoms with Crippen molar-refractivity contribution in [1.82, 2.24) is 0 Å². The van der Waals surface area contributed by atoms with Gasteiger partial charge in [-0.25, -0.2) is 0 Å². The molecule has 0 heteroatoms. The van der Waals surface area contributed by atoms with Crippen LogP contribution in [0.5, 0.6) is 0 Å². The first-order valence-corrected chi connectivity index (χ1v) is 10.7. The SMILES string of the molecule is CCC[C@H]1CC[C@H](/C=C/C#C/C=C/[C@H]2CC[C@H](CCC)CC2)CC1. The molecule has 0 amide bonds. The van der Waals surface area contributed by atoms with Crippen LogP contribution in [0.1, 0.15) is 90.9 Å². The lowest BCUT2D eigenvalue weighted by Crippen LogP contribution is -2.12. The molecule has 0 aromatic carbocycles. The fourth-order valence-electron chi connectivity index (χ4n) is 4.62. The van der Waals surface area contributed by atoms with Gasteiger partial charge in [0, 0.05) is 0 Å². The first-order chi connectivity index (χ1) is 11.8. The van der Waals surface area contributed by atoms with Gasteiger partial charge in [-0.1, -0.05) is 63.5 Å². The van der Waals surface area contributed by atoms with Crippen molar-refractivity contribution in [3.8, 4) is 11.8 Å². The molecule has 0 bridgehead atoms. The molecule has 0 heterocycles. The van der Waals surface area contributed by atoms with Gasteiger partial charge in [-0.2, -0.15) is 0 Å². The summed E-state index contributed by atoms with van der Waals surface area (Å²) in [7, 11) is 0. The van der Waals surface area contributed by atoms with Gasteiger partial charge in [0.2, 0.25) is 0 Å². The van der Waals surface area contributed by atoms with E-state index < -0.39 is 0 Å². The Labute approximate surface area is 151 Å². The highest BCUT2D eigenvalue weighted by Crippen LogP contribution is 2.32. The third-order valence-corrected chi connectivity index (χ3v) is 6.16. The monoisotopic (exact) mass is 326 g/mol. The van der Waals surface area contributed by atoms with Gasteiger partial charge in [0.1, 0.15) is 0 Å². The summed E-state index contributed by atoms with van der Waals surface area (Å²) in [4.78, 5) is 0. The van der Waals surface area contributed by atoms with Crippen LogP contribution in [0.15, 0.2) is 24.3 Å². The number of allylic oxidation sites excluding steroid dienone is 4. The average molecular weight is 327 g/mol. The fraction of sp³-hybridized carbons (Fsp3) is 0.750. The Kier molecular flexibility index (Phi) is 9.34. The molecule has 0 spiro atoms. The van der Waals surface area contributed by atoms with E-state index in [1.54, 1.807) is 0 Å². The second-order valence-corrected chi connectivity index (χ2v) is 8.15. The predicted molar refractivity (Wildman–Crippen MR) is 107 cm³/mol. The predicted octanol–water partition coefficient (Wildman–Crippen LogP) is 7.32. The zero-order valence-electron chi connectivity index (χ0n) is 16.1. The number of rotatable bonds is 6. The molecule has 2 fully saturated rings. The standard InChI is InChI=1S/C24H38/c1-3-9-21-13-17-23(18-14-21)11-7-5-6-8-12-24-19-15-22(10-4-2)16-20-24/h7-8,11-12,21-24H,3-4,9-10,13-20H2,1-2H3/b11-7+,12-8+/t21-,22-,23-,24-. The Bertz CT molecular complexity index is 388. The molecule has 0 atom stereocenters. The van der Waals surface area contributed by atoms with Crippen molar-refractivity contribution in [3.05, 3.63) is 24.3 Å². The van der Waals surface area contributed by atoms with Crippen LogP contribution < -0.4 is 0 Å². The fourth-order valence-corrected chi connectivity index (χ4v) is 4.62. The quantitative estimate of drug-likeness (QED) is 0.449. The van der Waals surface area contributed by atoms with E-state index in [2.05, 4.69) is 50.0 Å². The molecule has 0 saturated heterocycles. The van der Waals surface area contributed by atoms with Crippen LogP contribution in [0.2, 0.25) is 0 Å². The van der Waals surface area contributed by atoms with Crippen LogP contribution in [0.3, 0.4) is 0 Å². The van der Waals surface area contributed by atoms with Crippen molar-refractivity contribution in [3.63, 3.8) is 0 Å². The molecule has 0 aliphatic heterocycles. The van der Waals surface area contributed by atoms with Crippen LogP contribution in [0.4, 0.5) is 0 Å². The summed E-state index contributed by atoms with van der Waals surface area (Å²) >= 11 is 0. The lowest BCUT2D eigenvalue weighted by molar-refractivity contribution is 0.294. The zero-order chi connectivity index (χ0) is 17.0. The Balaban J connectivity index is 1.62. The maximum Gasteiger partial charge on any atom is -0.0153 e. The summed E-state index contributed by atoms with van der Waals surface area (Å²) in [5.74, 6) is 10.0. The molecule has 0 aromatic rings. The second-order valence-electron chi connectivity index (χ2n) is 8.15. The van der Waals surface area contributed by atoms with Crippen molar-refractivity contribution >= 4 is 0 Å². The van der Waals surface area contributed by atoms with Crippen molar-refractivity contribution in [2.75, 3.05) is 0 Å². The van der Waals surface area contributed by atoms with Gasteiger partial charge in [0.25, 0.3) is 0 Å². The van der Waals surface area contributed by atoms with Gasteiger partial charge in [0.05, 0.1) is 0 Å². The molecule has 24 heavy (non-hydrogen) atoms. The highest BCUT2D eigenvalue weighted by atomic mass is 14.2. The molecular weight excluding hydrogens is 288 g/mol. The van der Waals surface area contributed by atoms with E-state index in [-0.39, 0.29) is 0 Å². The van der Waals surface area contributed by atoms with Gasteiger partial charge in [-0.3, -0.25) is 0 Å². The summed E-state index contributed by atoms with van der Waals surface area (Å²) in [5, 5.41) is 0. The van der Waals surface area contributed by atoms with Gasteiger partial charge < -0.3 is 0 Å². The number of hydrogen-bond donors (Lipinski definition) is 0. The molecule has 0 N–H and O–H groups in total. The minimum Gasteiger partial charge on any atom is -0.0730 e. The first-order valence-electron chi connectivity index (χ1n) is 10.7. The van der Waals surface area contributed by atoms with Gasteiger partial charge >= 0.3 is 0 Å². The van der Waals surface area contributed by atoms with Crippen LogP contribution in [-0.4, -0.2) is 0 Å². The molecule has 0 unspecified atom stereocenters. The summed E-state index contributed by atoms with van der Waals surface area (Å²) < 4.78 is 0. The van der Waals surface area contributed by atoms with Crippen molar-refractivity contribution in [2.24, 2.45) is 23.7 Å². The van der Waals surface area contributed by atoms with E-state index in [0.717, 1.165) is 23.7 Å². The molecule has 0 radical (unpaired) electrons. The van der Waals surface area contributed by atoms with E-state index in [4.69, 9.17) is 0 Å². The minimum absolute atomic E-state index is 0.783. The van der Waals surface area contributed by atoms with Crippen LogP contribution in [0.25, 0.3) is 0 Å². The van der Waals surface area contributed by atoms with Crippen LogP contribution in [-0.2, 0) is 0 Å². The smallest absolute Gasteiger partial charge is 0.0153 e. The summed E-state index contributed by atoms with van der Waals surface area (Å²) in [6, 6.07) is 0. The van der Waals surface area contributed by atoms with Crippen molar-refractivity contribution < 1.29 is 0 Å². The van der Waals surface area contributed by atoms with Gasteiger partial charge in [-0.15, -0.1) is 0 Å². The molecule has 0 nitrogen and oxygen atoms in total. The number of hydrogen-bond acceptors (Lipinski definition) is 0. The Morgan fingerprint density at radius 1 is 0.625 bits per heavy atom. The van der Waals surface area contributed by atoms with Crippen molar-refractivity contribution in [1.29, 1.82) is 0 Å². The molecule has 2 aliphatic carbocycles. The van der Waals surface area contributed by atoms with Gasteiger partial charge in [0.15, 0.2) is 0 Å². The Hall–Kier alpha value is -0.960. The van der Waals surface area contributed by atoms with Crippen LogP contribution >= 0.6 is 0 Å². The van der Waals surface area contributed by atoms with E-state index in [9.17, 15) is 0 Å². The maximum absolute atomic E-state index is 3.22. The summed E-state index contributed by atoms with van der Waals surface area (Å²) in [6.45, 7) is 4.62. The average Bonchev–Trinajstić information content (AvgIpc) is 2.61. The van der Waals surface area contributed by atoms with E-state index in [1.807, 2.05) is 0 Å². The highest BCUT2D eigenvalue weighted by molar-refractivity contribution is 5.24. The Morgan fingerprint density at radius 3 is 1.33 bits per heavy atom. The second kappa shape index (κ2) is 11.6.